The first-order valence-corrected chi connectivity index (χ1v) is 8.02. The maximum absolute atomic E-state index is 5.88. The lowest BCUT2D eigenvalue weighted by Gasteiger charge is -2.32. The number of likely N-dealkylation sites (N-methyl/N-ethyl adjacent to an activating group) is 1. The molecular formula is C16H29N5O. The second kappa shape index (κ2) is 8.82. The van der Waals surface area contributed by atoms with Crippen LogP contribution in [-0.4, -0.2) is 69.3 Å². The van der Waals surface area contributed by atoms with Crippen LogP contribution in [0, 0.1) is 0 Å². The summed E-state index contributed by atoms with van der Waals surface area (Å²) in [7, 11) is 2.18. The summed E-state index contributed by atoms with van der Waals surface area (Å²) < 4.78 is 5.67. The molecule has 0 spiro atoms. The van der Waals surface area contributed by atoms with Crippen molar-refractivity contribution in [2.24, 2.45) is 0 Å². The molecule has 1 heterocycles. The fraction of sp³-hybridized carbons (Fsp3) is 0.625. The minimum absolute atomic E-state index is 0.676. The van der Waals surface area contributed by atoms with Gasteiger partial charge in [-0.25, -0.2) is 0 Å². The van der Waals surface area contributed by atoms with E-state index in [0.717, 1.165) is 31.8 Å². The van der Waals surface area contributed by atoms with E-state index in [2.05, 4.69) is 22.2 Å². The Hall–Kier alpha value is -1.50. The summed E-state index contributed by atoms with van der Waals surface area (Å²) in [4.78, 5) is 4.89. The first-order valence-electron chi connectivity index (χ1n) is 8.02. The molecule has 1 aliphatic rings. The molecule has 0 bridgehead atoms. The maximum Gasteiger partial charge on any atom is 0.0639 e. The highest BCUT2D eigenvalue weighted by Crippen LogP contribution is 2.20. The van der Waals surface area contributed by atoms with Crippen LogP contribution in [0.1, 0.15) is 6.42 Å². The zero-order valence-electron chi connectivity index (χ0n) is 13.6. The number of nitrogens with two attached hydrogens (primary N) is 2. The summed E-state index contributed by atoms with van der Waals surface area (Å²) in [6.07, 6.45) is 1.09. The summed E-state index contributed by atoms with van der Waals surface area (Å²) in [6, 6.07) is 5.51. The minimum atomic E-state index is 0.676. The molecule has 22 heavy (non-hydrogen) atoms. The third kappa shape index (κ3) is 5.71. The van der Waals surface area contributed by atoms with E-state index < -0.39 is 0 Å². The molecule has 0 radical (unpaired) electrons. The Morgan fingerprint density at radius 2 is 1.91 bits per heavy atom. The molecule has 1 aliphatic heterocycles. The van der Waals surface area contributed by atoms with Crippen molar-refractivity contribution in [2.45, 2.75) is 6.42 Å². The number of rotatable bonds is 8. The summed E-state index contributed by atoms with van der Waals surface area (Å²) in [5.74, 6) is 0. The topological polar surface area (TPSA) is 79.8 Å². The number of nitrogen functional groups attached to an aromatic ring is 2. The molecule has 1 saturated heterocycles. The fourth-order valence-corrected chi connectivity index (χ4v) is 2.56. The third-order valence-electron chi connectivity index (χ3n) is 4.00. The molecular weight excluding hydrogens is 278 g/mol. The highest BCUT2D eigenvalue weighted by atomic mass is 16.5. The van der Waals surface area contributed by atoms with Crippen LogP contribution in [0.5, 0.6) is 0 Å². The highest BCUT2D eigenvalue weighted by Gasteiger charge is 2.12. The molecule has 0 atom stereocenters. The Labute approximate surface area is 133 Å². The van der Waals surface area contributed by atoms with Gasteiger partial charge in [-0.3, -0.25) is 0 Å². The lowest BCUT2D eigenvalue weighted by Crippen LogP contribution is -2.44. The zero-order chi connectivity index (χ0) is 15.8. The average molecular weight is 307 g/mol. The monoisotopic (exact) mass is 307 g/mol. The van der Waals surface area contributed by atoms with E-state index in [0.29, 0.717) is 18.0 Å². The summed E-state index contributed by atoms with van der Waals surface area (Å²) in [5, 5.41) is 3.26. The summed E-state index contributed by atoms with van der Waals surface area (Å²) in [5.41, 5.74) is 13.8. The number of piperazine rings is 1. The van der Waals surface area contributed by atoms with Crippen molar-refractivity contribution in [1.82, 2.24) is 9.80 Å². The van der Waals surface area contributed by atoms with Crippen LogP contribution < -0.4 is 16.8 Å². The maximum atomic E-state index is 5.88. The smallest absolute Gasteiger partial charge is 0.0639 e. The summed E-state index contributed by atoms with van der Waals surface area (Å²) in [6.45, 7) is 8.08. The fourth-order valence-electron chi connectivity index (χ4n) is 2.56. The number of nitrogens with zero attached hydrogens (tertiary/aromatic N) is 2. The van der Waals surface area contributed by atoms with E-state index in [-0.39, 0.29) is 0 Å². The second-order valence-electron chi connectivity index (χ2n) is 5.88. The number of hydrogen-bond acceptors (Lipinski definition) is 6. The quantitative estimate of drug-likeness (QED) is 0.489. The van der Waals surface area contributed by atoms with Gasteiger partial charge in [-0.15, -0.1) is 0 Å². The molecule has 2 rings (SSSR count). The Bertz CT molecular complexity index is 446. The lowest BCUT2D eigenvalue weighted by atomic mass is 10.2. The number of hydrogen-bond donors (Lipinski definition) is 3. The molecule has 0 saturated carbocycles. The molecule has 1 fully saturated rings. The Kier molecular flexibility index (Phi) is 6.76. The molecule has 0 aliphatic carbocycles. The van der Waals surface area contributed by atoms with Gasteiger partial charge >= 0.3 is 0 Å². The van der Waals surface area contributed by atoms with Gasteiger partial charge in [0.25, 0.3) is 0 Å². The van der Waals surface area contributed by atoms with Crippen LogP contribution in [0.2, 0.25) is 0 Å². The number of anilines is 3. The standard InChI is InChI=1S/C16H29N5O/c1-20-7-9-21(10-8-20)6-2-11-22-12-5-19-16-4-3-14(17)13-15(16)18/h3-4,13,19H,2,5-12,17-18H2,1H3. The van der Waals surface area contributed by atoms with Gasteiger partial charge in [0, 0.05) is 51.6 Å². The van der Waals surface area contributed by atoms with Crippen molar-refractivity contribution < 1.29 is 4.74 Å². The van der Waals surface area contributed by atoms with Crippen molar-refractivity contribution in [3.8, 4) is 0 Å². The number of nitrogens with one attached hydrogen (secondary N) is 1. The van der Waals surface area contributed by atoms with Gasteiger partial charge in [0.05, 0.1) is 18.0 Å². The second-order valence-corrected chi connectivity index (χ2v) is 5.88. The van der Waals surface area contributed by atoms with Crippen LogP contribution in [0.25, 0.3) is 0 Å². The van der Waals surface area contributed by atoms with Crippen molar-refractivity contribution in [2.75, 3.05) is 76.3 Å². The largest absolute Gasteiger partial charge is 0.399 e. The molecule has 1 aromatic carbocycles. The van der Waals surface area contributed by atoms with Gasteiger partial charge in [0.15, 0.2) is 0 Å². The van der Waals surface area contributed by atoms with Gasteiger partial charge in [-0.05, 0) is 31.7 Å². The summed E-state index contributed by atoms with van der Waals surface area (Å²) >= 11 is 0. The Morgan fingerprint density at radius 1 is 1.14 bits per heavy atom. The van der Waals surface area contributed by atoms with Gasteiger partial charge in [-0.2, -0.15) is 0 Å². The number of ether oxygens (including phenoxy) is 1. The van der Waals surface area contributed by atoms with Gasteiger partial charge in [-0.1, -0.05) is 0 Å². The molecule has 0 amide bonds. The van der Waals surface area contributed by atoms with E-state index >= 15 is 0 Å². The zero-order valence-corrected chi connectivity index (χ0v) is 13.6. The van der Waals surface area contributed by atoms with Crippen LogP contribution >= 0.6 is 0 Å². The minimum Gasteiger partial charge on any atom is -0.399 e. The van der Waals surface area contributed by atoms with Crippen LogP contribution in [0.4, 0.5) is 17.1 Å². The molecule has 124 valence electrons. The van der Waals surface area contributed by atoms with Gasteiger partial charge in [0.2, 0.25) is 0 Å². The number of benzene rings is 1. The van der Waals surface area contributed by atoms with E-state index in [1.165, 1.54) is 26.2 Å². The molecule has 6 nitrogen and oxygen atoms in total. The molecule has 6 heteroatoms. The third-order valence-corrected chi connectivity index (χ3v) is 4.00. The van der Waals surface area contributed by atoms with Crippen LogP contribution in [0.3, 0.4) is 0 Å². The molecule has 5 N–H and O–H groups in total. The van der Waals surface area contributed by atoms with Crippen molar-refractivity contribution in [1.29, 1.82) is 0 Å². The van der Waals surface area contributed by atoms with Crippen molar-refractivity contribution >= 4 is 17.1 Å². The van der Waals surface area contributed by atoms with Crippen LogP contribution in [-0.2, 0) is 4.74 Å². The average Bonchev–Trinajstić information content (AvgIpc) is 2.50. The van der Waals surface area contributed by atoms with Crippen molar-refractivity contribution in [3.63, 3.8) is 0 Å². The first kappa shape index (κ1) is 16.9. The van der Waals surface area contributed by atoms with E-state index in [1.54, 1.807) is 6.07 Å². The van der Waals surface area contributed by atoms with Gasteiger partial charge in [0.1, 0.15) is 0 Å². The normalized spacial score (nSPS) is 16.8. The van der Waals surface area contributed by atoms with Crippen LogP contribution in [0.15, 0.2) is 18.2 Å². The highest BCUT2D eigenvalue weighted by molar-refractivity contribution is 5.70. The lowest BCUT2D eigenvalue weighted by molar-refractivity contribution is 0.111. The van der Waals surface area contributed by atoms with Crippen molar-refractivity contribution in [3.05, 3.63) is 18.2 Å². The molecule has 0 unspecified atom stereocenters. The molecule has 1 aromatic rings. The predicted octanol–water partition coefficient (Wildman–Crippen LogP) is 0.917. The van der Waals surface area contributed by atoms with E-state index in [1.807, 2.05) is 12.1 Å². The van der Waals surface area contributed by atoms with Gasteiger partial charge < -0.3 is 31.3 Å². The Balaban J connectivity index is 1.49. The first-order chi connectivity index (χ1) is 10.6. The van der Waals surface area contributed by atoms with E-state index in [9.17, 15) is 0 Å². The SMILES string of the molecule is CN1CCN(CCCOCCNc2ccc(N)cc2N)CC1. The van der Waals surface area contributed by atoms with E-state index in [4.69, 9.17) is 16.2 Å². The Morgan fingerprint density at radius 3 is 2.64 bits per heavy atom. The molecule has 0 aromatic heterocycles. The predicted molar refractivity (Wildman–Crippen MR) is 93.1 cm³/mol.